The second-order valence-electron chi connectivity index (χ2n) is 6.65. The monoisotopic (exact) mass is 369 g/mol. The number of hydrogen-bond donors (Lipinski definition) is 1. The molecule has 0 spiro atoms. The summed E-state index contributed by atoms with van der Waals surface area (Å²) in [4.78, 5) is 17.0. The summed E-state index contributed by atoms with van der Waals surface area (Å²) in [6.07, 6.45) is 5.17. The summed E-state index contributed by atoms with van der Waals surface area (Å²) in [5.74, 6) is -0.125. The number of nitrogens with zero attached hydrogens (tertiary/aromatic N) is 3. The van der Waals surface area contributed by atoms with Gasteiger partial charge in [0.25, 0.3) is 5.56 Å². The predicted octanol–water partition coefficient (Wildman–Crippen LogP) is 4.56. The molecule has 26 heavy (non-hydrogen) atoms. The lowest BCUT2D eigenvalue weighted by atomic mass is 10.0. The molecule has 0 aliphatic heterocycles. The largest absolute Gasteiger partial charge is 0.494 e. The number of pyridine rings is 1. The van der Waals surface area contributed by atoms with Gasteiger partial charge in [-0.25, -0.2) is 0 Å². The Morgan fingerprint density at radius 2 is 2.04 bits per heavy atom. The summed E-state index contributed by atoms with van der Waals surface area (Å²) < 4.78 is 1.36. The van der Waals surface area contributed by atoms with Gasteiger partial charge >= 0.3 is 0 Å². The maximum absolute atomic E-state index is 12.7. The lowest BCUT2D eigenvalue weighted by Crippen LogP contribution is -2.28. The predicted molar refractivity (Wildman–Crippen MR) is 103 cm³/mol. The van der Waals surface area contributed by atoms with Gasteiger partial charge < -0.3 is 5.11 Å². The molecule has 3 rings (SSSR count). The fraction of sp³-hybridized carbons (Fsp3) is 0.350. The molecule has 1 saturated carbocycles. The Morgan fingerprint density at radius 3 is 2.65 bits per heavy atom. The molecule has 1 fully saturated rings. The van der Waals surface area contributed by atoms with E-state index >= 15 is 0 Å². The minimum absolute atomic E-state index is 0.0538. The molecule has 0 amide bonds. The van der Waals surface area contributed by atoms with Crippen LogP contribution in [0.2, 0.25) is 5.02 Å². The molecule has 0 atom stereocenters. The van der Waals surface area contributed by atoms with Crippen LogP contribution >= 0.6 is 11.6 Å². The van der Waals surface area contributed by atoms with Crippen LogP contribution in [0.3, 0.4) is 0 Å². The minimum Gasteiger partial charge on any atom is -0.494 e. The Kier molecular flexibility index (Phi) is 5.15. The van der Waals surface area contributed by atoms with Crippen LogP contribution in [0.15, 0.2) is 28.0 Å². The second-order valence-corrected chi connectivity index (χ2v) is 7.06. The van der Waals surface area contributed by atoms with E-state index in [-0.39, 0.29) is 17.5 Å². The molecular formula is C20H20ClN3O2. The highest BCUT2D eigenvalue weighted by molar-refractivity contribution is 6.31. The molecule has 5 nitrogen and oxygen atoms in total. The van der Waals surface area contributed by atoms with Gasteiger partial charge in [-0.3, -0.25) is 14.4 Å². The van der Waals surface area contributed by atoms with Gasteiger partial charge in [-0.2, -0.15) is 5.26 Å². The number of rotatable bonds is 3. The molecule has 1 aromatic carbocycles. The molecule has 0 radical (unpaired) electrons. The Bertz CT molecular complexity index is 980. The topological polar surface area (TPSA) is 78.4 Å². The lowest BCUT2D eigenvalue weighted by Gasteiger charge is -2.19. The molecule has 1 heterocycles. The van der Waals surface area contributed by atoms with Gasteiger partial charge in [0, 0.05) is 17.3 Å². The number of halogens is 1. The Hall–Kier alpha value is -2.58. The van der Waals surface area contributed by atoms with E-state index in [0.717, 1.165) is 31.2 Å². The van der Waals surface area contributed by atoms with Gasteiger partial charge in [0.1, 0.15) is 11.6 Å². The van der Waals surface area contributed by atoms with Crippen LogP contribution < -0.4 is 5.56 Å². The van der Waals surface area contributed by atoms with E-state index < -0.39 is 5.56 Å². The van der Waals surface area contributed by atoms with E-state index in [4.69, 9.17) is 11.6 Å². The zero-order chi connectivity index (χ0) is 18.8. The van der Waals surface area contributed by atoms with Crippen LogP contribution in [0.1, 0.15) is 54.0 Å². The van der Waals surface area contributed by atoms with Crippen molar-refractivity contribution in [2.24, 2.45) is 4.99 Å². The molecular weight excluding hydrogens is 350 g/mol. The van der Waals surface area contributed by atoms with Crippen molar-refractivity contribution < 1.29 is 5.11 Å². The van der Waals surface area contributed by atoms with Gasteiger partial charge in [0.15, 0.2) is 0 Å². The Morgan fingerprint density at radius 1 is 1.35 bits per heavy atom. The third kappa shape index (κ3) is 3.25. The van der Waals surface area contributed by atoms with Crippen LogP contribution in [-0.4, -0.2) is 15.9 Å². The number of aromatic hydroxyl groups is 1. The lowest BCUT2D eigenvalue weighted by molar-refractivity contribution is 0.368. The Balaban J connectivity index is 2.12. The van der Waals surface area contributed by atoms with Gasteiger partial charge in [0.05, 0.1) is 11.3 Å². The van der Waals surface area contributed by atoms with Gasteiger partial charge in [-0.15, -0.1) is 0 Å². The van der Waals surface area contributed by atoms with Crippen molar-refractivity contribution in [3.8, 4) is 11.9 Å². The normalized spacial score (nSPS) is 14.8. The Labute approximate surface area is 157 Å². The molecule has 2 aromatic rings. The van der Waals surface area contributed by atoms with Crippen LogP contribution in [0.4, 0.5) is 5.69 Å². The molecule has 134 valence electrons. The molecule has 1 aliphatic carbocycles. The second kappa shape index (κ2) is 7.35. The van der Waals surface area contributed by atoms with Crippen molar-refractivity contribution in [3.63, 3.8) is 0 Å². The van der Waals surface area contributed by atoms with E-state index in [9.17, 15) is 15.2 Å². The number of aliphatic imine (C=N–C) groups is 1. The zero-order valence-electron chi connectivity index (χ0n) is 14.8. The van der Waals surface area contributed by atoms with E-state index in [2.05, 4.69) is 4.99 Å². The summed E-state index contributed by atoms with van der Waals surface area (Å²) in [7, 11) is 0. The van der Waals surface area contributed by atoms with E-state index in [1.165, 1.54) is 10.8 Å². The zero-order valence-corrected chi connectivity index (χ0v) is 15.5. The van der Waals surface area contributed by atoms with Gasteiger partial charge in [-0.05, 0) is 49.9 Å². The number of hydrogen-bond acceptors (Lipinski definition) is 4. The summed E-state index contributed by atoms with van der Waals surface area (Å²) in [5, 5.41) is 20.8. The first-order valence-electron chi connectivity index (χ1n) is 8.62. The maximum atomic E-state index is 12.7. The van der Waals surface area contributed by atoms with Crippen molar-refractivity contribution in [2.45, 2.75) is 45.6 Å². The number of nitriles is 1. The number of aromatic nitrogens is 1. The van der Waals surface area contributed by atoms with Gasteiger partial charge in [-0.1, -0.05) is 30.5 Å². The van der Waals surface area contributed by atoms with Crippen molar-refractivity contribution in [1.82, 2.24) is 4.57 Å². The van der Waals surface area contributed by atoms with E-state index in [1.54, 1.807) is 13.0 Å². The molecule has 0 saturated heterocycles. The SMILES string of the molecule is Cc1ccc(N=Cc2c(C)c(C#N)c(=O)n(C3CCCC3)c2O)cc1Cl. The van der Waals surface area contributed by atoms with Crippen LogP contribution in [0.25, 0.3) is 0 Å². The highest BCUT2D eigenvalue weighted by Crippen LogP contribution is 2.33. The summed E-state index contributed by atoms with van der Waals surface area (Å²) in [6, 6.07) is 7.33. The fourth-order valence-electron chi connectivity index (χ4n) is 3.40. The third-order valence-electron chi connectivity index (χ3n) is 4.98. The van der Waals surface area contributed by atoms with Crippen molar-refractivity contribution in [1.29, 1.82) is 5.26 Å². The summed E-state index contributed by atoms with van der Waals surface area (Å²) in [6.45, 7) is 3.56. The molecule has 6 heteroatoms. The molecule has 1 N–H and O–H groups in total. The summed E-state index contributed by atoms with van der Waals surface area (Å²) in [5.41, 5.74) is 2.04. The number of aryl methyl sites for hydroxylation is 1. The van der Waals surface area contributed by atoms with Crippen LogP contribution in [0, 0.1) is 25.2 Å². The molecule has 1 aromatic heterocycles. The first kappa shape index (κ1) is 18.2. The fourth-order valence-corrected chi connectivity index (χ4v) is 3.57. The van der Waals surface area contributed by atoms with Crippen molar-refractivity contribution in [3.05, 3.63) is 55.8 Å². The summed E-state index contributed by atoms with van der Waals surface area (Å²) >= 11 is 6.13. The number of benzene rings is 1. The highest BCUT2D eigenvalue weighted by Gasteiger charge is 2.25. The standard InChI is InChI=1S/C20H20ClN3O2/c1-12-7-8-14(9-18(12)21)23-11-17-13(2)16(10-22)19(25)24(20(17)26)15-5-3-4-6-15/h7-9,11,15,26H,3-6H2,1-2H3. The smallest absolute Gasteiger partial charge is 0.271 e. The van der Waals surface area contributed by atoms with E-state index in [0.29, 0.717) is 21.8 Å². The average Bonchev–Trinajstić information content (AvgIpc) is 3.12. The van der Waals surface area contributed by atoms with Crippen molar-refractivity contribution in [2.75, 3.05) is 0 Å². The van der Waals surface area contributed by atoms with E-state index in [1.807, 2.05) is 25.1 Å². The minimum atomic E-state index is -0.426. The van der Waals surface area contributed by atoms with Gasteiger partial charge in [0.2, 0.25) is 5.88 Å². The third-order valence-corrected chi connectivity index (χ3v) is 5.39. The first-order valence-corrected chi connectivity index (χ1v) is 9.00. The highest BCUT2D eigenvalue weighted by atomic mass is 35.5. The van der Waals surface area contributed by atoms with Crippen molar-refractivity contribution >= 4 is 23.5 Å². The first-order chi connectivity index (χ1) is 12.4. The average molecular weight is 370 g/mol. The quantitative estimate of drug-likeness (QED) is 0.805. The molecule has 1 aliphatic rings. The molecule has 0 bridgehead atoms. The molecule has 0 unspecified atom stereocenters. The maximum Gasteiger partial charge on any atom is 0.271 e. The van der Waals surface area contributed by atoms with Crippen LogP contribution in [-0.2, 0) is 0 Å². The van der Waals surface area contributed by atoms with Crippen LogP contribution in [0.5, 0.6) is 5.88 Å².